The van der Waals surface area contributed by atoms with Gasteiger partial charge in [0, 0.05) is 11.9 Å². The van der Waals surface area contributed by atoms with Crippen LogP contribution in [0.2, 0.25) is 0 Å². The Labute approximate surface area is 121 Å². The van der Waals surface area contributed by atoms with Crippen LogP contribution < -0.4 is 5.73 Å². The van der Waals surface area contributed by atoms with Crippen LogP contribution in [0.1, 0.15) is 5.56 Å². The molecule has 0 fully saturated rings. The zero-order valence-corrected chi connectivity index (χ0v) is 11.4. The van der Waals surface area contributed by atoms with Gasteiger partial charge in [-0.05, 0) is 29.1 Å². The Balaban J connectivity index is 2.07. The van der Waals surface area contributed by atoms with Crippen LogP contribution in [0.25, 0.3) is 27.5 Å². The van der Waals surface area contributed by atoms with E-state index in [0.717, 1.165) is 33.1 Å². The lowest BCUT2D eigenvalue weighted by Crippen LogP contribution is -2.02. The summed E-state index contributed by atoms with van der Waals surface area (Å²) in [5.41, 5.74) is 9.90. The molecule has 21 heavy (non-hydrogen) atoms. The van der Waals surface area contributed by atoms with E-state index < -0.39 is 0 Å². The molecule has 102 valence electrons. The Morgan fingerprint density at radius 1 is 0.857 bits per heavy atom. The first kappa shape index (κ1) is 12.1. The molecule has 0 radical (unpaired) electrons. The number of hydrogen-bond acceptors (Lipinski definition) is 3. The summed E-state index contributed by atoms with van der Waals surface area (Å²) < 4.78 is 1.89. The molecule has 1 aromatic heterocycles. The quantitative estimate of drug-likeness (QED) is 0.611. The molecule has 4 nitrogen and oxygen atoms in total. The topological polar surface area (TPSA) is 56.7 Å². The van der Waals surface area contributed by atoms with Crippen molar-refractivity contribution in [2.75, 3.05) is 0 Å². The summed E-state index contributed by atoms with van der Waals surface area (Å²) in [6.45, 7) is 0.527. The highest BCUT2D eigenvalue weighted by Gasteiger charge is 2.10. The van der Waals surface area contributed by atoms with Crippen molar-refractivity contribution in [2.24, 2.45) is 5.73 Å². The third-order valence-corrected chi connectivity index (χ3v) is 3.79. The largest absolute Gasteiger partial charge is 0.326 e. The lowest BCUT2D eigenvalue weighted by atomic mass is 10.0. The van der Waals surface area contributed by atoms with Gasteiger partial charge in [-0.15, -0.1) is 5.10 Å². The number of hydrogen-bond donors (Lipinski definition) is 1. The van der Waals surface area contributed by atoms with Gasteiger partial charge in [0.25, 0.3) is 0 Å². The second-order valence-electron chi connectivity index (χ2n) is 4.98. The number of para-hydroxylation sites is 1. The van der Waals surface area contributed by atoms with Gasteiger partial charge in [0.05, 0.1) is 11.2 Å². The van der Waals surface area contributed by atoms with Gasteiger partial charge in [0.1, 0.15) is 5.52 Å². The van der Waals surface area contributed by atoms with Crippen LogP contribution in [0.4, 0.5) is 0 Å². The molecule has 0 unspecified atom stereocenters. The SMILES string of the molecule is NCc1ccc(-n2nnc3ccccc32)c2ccccc12. The molecule has 0 saturated heterocycles. The molecule has 4 aromatic rings. The van der Waals surface area contributed by atoms with Gasteiger partial charge in [0.2, 0.25) is 0 Å². The van der Waals surface area contributed by atoms with E-state index in [1.807, 2.05) is 41.1 Å². The molecule has 1 heterocycles. The van der Waals surface area contributed by atoms with E-state index >= 15 is 0 Å². The Morgan fingerprint density at radius 3 is 2.48 bits per heavy atom. The minimum absolute atomic E-state index is 0.527. The highest BCUT2D eigenvalue weighted by atomic mass is 15.4. The Morgan fingerprint density at radius 2 is 1.62 bits per heavy atom. The summed E-state index contributed by atoms with van der Waals surface area (Å²) >= 11 is 0. The van der Waals surface area contributed by atoms with E-state index in [0.29, 0.717) is 6.54 Å². The molecule has 4 heteroatoms. The van der Waals surface area contributed by atoms with Crippen molar-refractivity contribution in [3.05, 3.63) is 66.2 Å². The maximum absolute atomic E-state index is 5.84. The van der Waals surface area contributed by atoms with Gasteiger partial charge in [-0.2, -0.15) is 0 Å². The van der Waals surface area contributed by atoms with Crippen LogP contribution in [0, 0.1) is 0 Å². The predicted molar refractivity (Wildman–Crippen MR) is 84.3 cm³/mol. The summed E-state index contributed by atoms with van der Waals surface area (Å²) in [6, 6.07) is 20.3. The van der Waals surface area contributed by atoms with Crippen molar-refractivity contribution < 1.29 is 0 Å². The van der Waals surface area contributed by atoms with Crippen LogP contribution in [-0.4, -0.2) is 15.0 Å². The fourth-order valence-electron chi connectivity index (χ4n) is 2.76. The normalized spacial score (nSPS) is 11.3. The zero-order valence-electron chi connectivity index (χ0n) is 11.4. The third kappa shape index (κ3) is 1.80. The summed E-state index contributed by atoms with van der Waals surface area (Å²) in [5, 5.41) is 10.8. The van der Waals surface area contributed by atoms with Gasteiger partial charge in [-0.3, -0.25) is 0 Å². The van der Waals surface area contributed by atoms with Crippen LogP contribution in [0.15, 0.2) is 60.7 Å². The van der Waals surface area contributed by atoms with Gasteiger partial charge in [-0.1, -0.05) is 47.7 Å². The molecule has 0 bridgehead atoms. The van der Waals surface area contributed by atoms with Crippen molar-refractivity contribution in [2.45, 2.75) is 6.54 Å². The van der Waals surface area contributed by atoms with Crippen LogP contribution in [0.3, 0.4) is 0 Å². The monoisotopic (exact) mass is 274 g/mol. The maximum atomic E-state index is 5.84. The molecule has 0 aliphatic carbocycles. The lowest BCUT2D eigenvalue weighted by Gasteiger charge is -2.10. The molecular weight excluding hydrogens is 260 g/mol. The highest BCUT2D eigenvalue weighted by molar-refractivity contribution is 5.94. The number of nitrogens with two attached hydrogens (primary N) is 1. The Bertz CT molecular complexity index is 940. The molecular formula is C17H14N4. The van der Waals surface area contributed by atoms with Crippen LogP contribution >= 0.6 is 0 Å². The summed E-state index contributed by atoms with van der Waals surface area (Å²) in [5.74, 6) is 0. The van der Waals surface area contributed by atoms with E-state index in [2.05, 4.69) is 34.6 Å². The first-order chi connectivity index (χ1) is 10.4. The predicted octanol–water partition coefficient (Wildman–Crippen LogP) is 3.03. The maximum Gasteiger partial charge on any atom is 0.113 e. The average Bonchev–Trinajstić information content (AvgIpc) is 2.98. The second-order valence-corrected chi connectivity index (χ2v) is 4.98. The van der Waals surface area contributed by atoms with E-state index in [-0.39, 0.29) is 0 Å². The molecule has 2 N–H and O–H groups in total. The zero-order chi connectivity index (χ0) is 14.2. The lowest BCUT2D eigenvalue weighted by molar-refractivity contribution is 0.828. The van der Waals surface area contributed by atoms with E-state index in [1.54, 1.807) is 0 Å². The molecule has 0 spiro atoms. The van der Waals surface area contributed by atoms with Crippen molar-refractivity contribution in [3.8, 4) is 5.69 Å². The fourth-order valence-corrected chi connectivity index (χ4v) is 2.76. The molecule has 0 saturated carbocycles. The molecule has 0 aliphatic rings. The smallest absolute Gasteiger partial charge is 0.113 e. The van der Waals surface area contributed by atoms with Gasteiger partial charge in [-0.25, -0.2) is 4.68 Å². The van der Waals surface area contributed by atoms with E-state index in [9.17, 15) is 0 Å². The standard InChI is InChI=1S/C17H14N4/c18-11-12-9-10-16(14-6-2-1-5-13(12)14)21-17-8-4-3-7-15(17)19-20-21/h1-10H,11,18H2. The Kier molecular flexibility index (Phi) is 2.69. The minimum atomic E-state index is 0.527. The molecule has 0 aliphatic heterocycles. The summed E-state index contributed by atoms with van der Waals surface area (Å²) in [6.07, 6.45) is 0. The third-order valence-electron chi connectivity index (χ3n) is 3.79. The number of benzene rings is 3. The van der Waals surface area contributed by atoms with Crippen LogP contribution in [0.5, 0.6) is 0 Å². The second kappa shape index (κ2) is 4.68. The molecule has 0 amide bonds. The van der Waals surface area contributed by atoms with Gasteiger partial charge >= 0.3 is 0 Å². The van der Waals surface area contributed by atoms with Crippen molar-refractivity contribution in [3.63, 3.8) is 0 Å². The highest BCUT2D eigenvalue weighted by Crippen LogP contribution is 2.27. The summed E-state index contributed by atoms with van der Waals surface area (Å²) in [4.78, 5) is 0. The summed E-state index contributed by atoms with van der Waals surface area (Å²) in [7, 11) is 0. The Hall–Kier alpha value is -2.72. The number of fused-ring (bicyclic) bond motifs is 2. The first-order valence-electron chi connectivity index (χ1n) is 6.90. The number of rotatable bonds is 2. The van der Waals surface area contributed by atoms with Crippen molar-refractivity contribution in [1.29, 1.82) is 0 Å². The van der Waals surface area contributed by atoms with Crippen molar-refractivity contribution >= 4 is 21.8 Å². The fraction of sp³-hybridized carbons (Fsp3) is 0.0588. The van der Waals surface area contributed by atoms with Gasteiger partial charge < -0.3 is 5.73 Å². The van der Waals surface area contributed by atoms with E-state index in [1.165, 1.54) is 0 Å². The van der Waals surface area contributed by atoms with E-state index in [4.69, 9.17) is 5.73 Å². The van der Waals surface area contributed by atoms with Gasteiger partial charge in [0.15, 0.2) is 0 Å². The minimum Gasteiger partial charge on any atom is -0.326 e. The molecule has 4 rings (SSSR count). The van der Waals surface area contributed by atoms with Crippen molar-refractivity contribution in [1.82, 2.24) is 15.0 Å². The molecule has 3 aromatic carbocycles. The molecule has 0 atom stereocenters. The number of aromatic nitrogens is 3. The average molecular weight is 274 g/mol. The number of nitrogens with zero attached hydrogens (tertiary/aromatic N) is 3. The van der Waals surface area contributed by atoms with Crippen LogP contribution in [-0.2, 0) is 6.54 Å². The first-order valence-corrected chi connectivity index (χ1v) is 6.90.